The van der Waals surface area contributed by atoms with Gasteiger partial charge in [-0.3, -0.25) is 9.59 Å². The van der Waals surface area contributed by atoms with Crippen LogP contribution in [-0.4, -0.2) is 46.3 Å². The zero-order valence-electron chi connectivity index (χ0n) is 17.6. The van der Waals surface area contributed by atoms with Crippen molar-refractivity contribution in [3.05, 3.63) is 59.9 Å². The van der Waals surface area contributed by atoms with Gasteiger partial charge in [0, 0.05) is 30.7 Å². The standard InChI is InChI=1S/C22H21F3N4O3/c1-13(2)27-19(30)12-29(3)21(31)18-7-4-14-10-16(6-8-17(14)28-18)32-20-9-5-15(11-26-20)22(23,24)25/h4-11,13H,12H2,1-3H3,(H,27,30). The first-order valence-electron chi connectivity index (χ1n) is 9.69. The van der Waals surface area contributed by atoms with Gasteiger partial charge in [0.15, 0.2) is 0 Å². The van der Waals surface area contributed by atoms with Crippen LogP contribution in [0.15, 0.2) is 48.7 Å². The van der Waals surface area contributed by atoms with Crippen molar-refractivity contribution in [2.75, 3.05) is 13.6 Å². The molecule has 0 aliphatic rings. The summed E-state index contributed by atoms with van der Waals surface area (Å²) in [7, 11) is 1.52. The normalized spacial score (nSPS) is 11.5. The van der Waals surface area contributed by atoms with Crippen molar-refractivity contribution in [3.63, 3.8) is 0 Å². The molecule has 2 heterocycles. The molecule has 0 bridgehead atoms. The van der Waals surface area contributed by atoms with Crippen molar-refractivity contribution < 1.29 is 27.5 Å². The second-order valence-corrected chi connectivity index (χ2v) is 7.42. The van der Waals surface area contributed by atoms with E-state index in [0.717, 1.165) is 12.1 Å². The molecule has 0 saturated carbocycles. The van der Waals surface area contributed by atoms with Crippen LogP contribution in [0.5, 0.6) is 11.6 Å². The third kappa shape index (κ3) is 5.71. The average Bonchev–Trinajstić information content (AvgIpc) is 2.72. The van der Waals surface area contributed by atoms with Gasteiger partial charge in [-0.2, -0.15) is 13.2 Å². The van der Waals surface area contributed by atoms with E-state index < -0.39 is 17.6 Å². The number of ether oxygens (including phenoxy) is 1. The largest absolute Gasteiger partial charge is 0.439 e. The van der Waals surface area contributed by atoms with Crippen molar-refractivity contribution in [2.45, 2.75) is 26.1 Å². The molecule has 0 aliphatic heterocycles. The summed E-state index contributed by atoms with van der Waals surface area (Å²) >= 11 is 0. The molecule has 0 spiro atoms. The second-order valence-electron chi connectivity index (χ2n) is 7.42. The Labute approximate surface area is 182 Å². The van der Waals surface area contributed by atoms with Gasteiger partial charge in [0.2, 0.25) is 11.8 Å². The minimum Gasteiger partial charge on any atom is -0.439 e. The quantitative estimate of drug-likeness (QED) is 0.618. The van der Waals surface area contributed by atoms with Gasteiger partial charge in [0.25, 0.3) is 5.91 Å². The fraction of sp³-hybridized carbons (Fsp3) is 0.273. The number of amides is 2. The third-order valence-corrected chi connectivity index (χ3v) is 4.34. The Hall–Kier alpha value is -3.69. The molecule has 0 aliphatic carbocycles. The molecule has 1 N–H and O–H groups in total. The Morgan fingerprint density at radius 1 is 1.12 bits per heavy atom. The van der Waals surface area contributed by atoms with Crippen LogP contribution in [0.3, 0.4) is 0 Å². The molecule has 2 amide bonds. The Morgan fingerprint density at radius 3 is 2.50 bits per heavy atom. The lowest BCUT2D eigenvalue weighted by Crippen LogP contribution is -2.41. The molecule has 0 radical (unpaired) electrons. The average molecular weight is 446 g/mol. The molecule has 0 saturated heterocycles. The van der Waals surface area contributed by atoms with Crippen LogP contribution >= 0.6 is 0 Å². The number of alkyl halides is 3. The lowest BCUT2D eigenvalue weighted by Gasteiger charge is -2.17. The van der Waals surface area contributed by atoms with Gasteiger partial charge in [0.1, 0.15) is 11.4 Å². The highest BCUT2D eigenvalue weighted by Crippen LogP contribution is 2.30. The predicted molar refractivity (Wildman–Crippen MR) is 111 cm³/mol. The summed E-state index contributed by atoms with van der Waals surface area (Å²) in [6, 6.07) is 10.0. The van der Waals surface area contributed by atoms with Gasteiger partial charge in [-0.05, 0) is 44.2 Å². The molecule has 2 aromatic heterocycles. The summed E-state index contributed by atoms with van der Waals surface area (Å²) in [6.07, 6.45) is -3.77. The van der Waals surface area contributed by atoms with Gasteiger partial charge in [-0.25, -0.2) is 9.97 Å². The van der Waals surface area contributed by atoms with Crippen LogP contribution < -0.4 is 10.1 Å². The summed E-state index contributed by atoms with van der Waals surface area (Å²) in [5, 5.41) is 3.38. The minimum absolute atomic E-state index is 0.0124. The molecule has 0 fully saturated rings. The van der Waals surface area contributed by atoms with E-state index in [1.807, 2.05) is 13.8 Å². The van der Waals surface area contributed by atoms with E-state index in [1.165, 1.54) is 18.0 Å². The zero-order valence-corrected chi connectivity index (χ0v) is 17.6. The number of hydrogen-bond donors (Lipinski definition) is 1. The second kappa shape index (κ2) is 9.21. The molecule has 3 rings (SSSR count). The number of benzene rings is 1. The SMILES string of the molecule is CC(C)NC(=O)CN(C)C(=O)c1ccc2cc(Oc3ccc(C(F)(F)F)cn3)ccc2n1. The van der Waals surface area contributed by atoms with Crippen LogP contribution in [0.25, 0.3) is 10.9 Å². The van der Waals surface area contributed by atoms with E-state index in [4.69, 9.17) is 4.74 Å². The molecule has 0 atom stereocenters. The van der Waals surface area contributed by atoms with Crippen LogP contribution in [-0.2, 0) is 11.0 Å². The molecule has 7 nitrogen and oxygen atoms in total. The zero-order chi connectivity index (χ0) is 23.5. The third-order valence-electron chi connectivity index (χ3n) is 4.34. The topological polar surface area (TPSA) is 84.4 Å². The van der Waals surface area contributed by atoms with Crippen LogP contribution in [0.4, 0.5) is 13.2 Å². The lowest BCUT2D eigenvalue weighted by atomic mass is 10.2. The van der Waals surface area contributed by atoms with E-state index in [9.17, 15) is 22.8 Å². The summed E-state index contributed by atoms with van der Waals surface area (Å²) in [6.45, 7) is 3.57. The molecular formula is C22H21F3N4O3. The fourth-order valence-corrected chi connectivity index (χ4v) is 2.87. The highest BCUT2D eigenvalue weighted by atomic mass is 19.4. The maximum Gasteiger partial charge on any atom is 0.417 e. The summed E-state index contributed by atoms with van der Waals surface area (Å²) < 4.78 is 43.4. The Bertz CT molecular complexity index is 1130. The Balaban J connectivity index is 1.72. The number of rotatable bonds is 6. The van der Waals surface area contributed by atoms with Crippen molar-refractivity contribution in [3.8, 4) is 11.6 Å². The number of hydrogen-bond acceptors (Lipinski definition) is 5. The van der Waals surface area contributed by atoms with E-state index in [-0.39, 0.29) is 30.1 Å². The van der Waals surface area contributed by atoms with Gasteiger partial charge in [0.05, 0.1) is 17.6 Å². The first-order valence-corrected chi connectivity index (χ1v) is 9.69. The molecule has 168 valence electrons. The van der Waals surface area contributed by atoms with Crippen molar-refractivity contribution in [1.29, 1.82) is 0 Å². The van der Waals surface area contributed by atoms with Gasteiger partial charge in [-0.15, -0.1) is 0 Å². The van der Waals surface area contributed by atoms with Gasteiger partial charge in [-0.1, -0.05) is 6.07 Å². The summed E-state index contributed by atoms with van der Waals surface area (Å²) in [5.41, 5.74) is -0.171. The van der Waals surface area contributed by atoms with Crippen LogP contribution in [0, 0.1) is 0 Å². The number of carbonyl (C=O) groups excluding carboxylic acids is 2. The number of nitrogens with zero attached hydrogens (tertiary/aromatic N) is 3. The van der Waals surface area contributed by atoms with E-state index in [2.05, 4.69) is 15.3 Å². The molecule has 10 heteroatoms. The first kappa shape index (κ1) is 23.0. The van der Waals surface area contributed by atoms with Gasteiger partial charge >= 0.3 is 6.18 Å². The smallest absolute Gasteiger partial charge is 0.417 e. The Morgan fingerprint density at radius 2 is 1.88 bits per heavy atom. The maximum absolute atomic E-state index is 12.6. The highest BCUT2D eigenvalue weighted by Gasteiger charge is 2.30. The van der Waals surface area contributed by atoms with E-state index >= 15 is 0 Å². The summed E-state index contributed by atoms with van der Waals surface area (Å²) in [5.74, 6) is -0.304. The number of pyridine rings is 2. The first-order chi connectivity index (χ1) is 15.0. The number of fused-ring (bicyclic) bond motifs is 1. The van der Waals surface area contributed by atoms with Crippen LogP contribution in [0.1, 0.15) is 29.9 Å². The minimum atomic E-state index is -4.47. The lowest BCUT2D eigenvalue weighted by molar-refractivity contribution is -0.137. The highest BCUT2D eigenvalue weighted by molar-refractivity contribution is 5.96. The fourth-order valence-electron chi connectivity index (χ4n) is 2.87. The van der Waals surface area contributed by atoms with Crippen molar-refractivity contribution in [1.82, 2.24) is 20.2 Å². The van der Waals surface area contributed by atoms with Gasteiger partial charge < -0.3 is 15.0 Å². The number of likely N-dealkylation sites (N-methyl/N-ethyl adjacent to an activating group) is 1. The number of aromatic nitrogens is 2. The number of carbonyl (C=O) groups is 2. The molecule has 0 unspecified atom stereocenters. The van der Waals surface area contributed by atoms with E-state index in [1.54, 1.807) is 24.3 Å². The van der Waals surface area contributed by atoms with Crippen molar-refractivity contribution >= 4 is 22.7 Å². The summed E-state index contributed by atoms with van der Waals surface area (Å²) in [4.78, 5) is 33.7. The molecule has 1 aromatic carbocycles. The Kier molecular flexibility index (Phi) is 6.61. The maximum atomic E-state index is 12.6. The number of nitrogens with one attached hydrogen (secondary N) is 1. The molecular weight excluding hydrogens is 425 g/mol. The van der Waals surface area contributed by atoms with Crippen LogP contribution in [0.2, 0.25) is 0 Å². The molecule has 3 aromatic rings. The van der Waals surface area contributed by atoms with E-state index in [0.29, 0.717) is 22.8 Å². The monoisotopic (exact) mass is 446 g/mol. The molecule has 32 heavy (non-hydrogen) atoms. The number of halogens is 3. The predicted octanol–water partition coefficient (Wildman–Crippen LogP) is 4.04. The van der Waals surface area contributed by atoms with Crippen molar-refractivity contribution in [2.24, 2.45) is 0 Å².